The lowest BCUT2D eigenvalue weighted by Crippen LogP contribution is -1.96. The highest BCUT2D eigenvalue weighted by atomic mass is 14.9. The molecule has 1 nitrogen and oxygen atoms in total. The summed E-state index contributed by atoms with van der Waals surface area (Å²) in [5, 5.41) is 3.42. The van der Waals surface area contributed by atoms with Gasteiger partial charge in [-0.1, -0.05) is 61.5 Å². The van der Waals surface area contributed by atoms with E-state index in [9.17, 15) is 0 Å². The van der Waals surface area contributed by atoms with Gasteiger partial charge in [-0.05, 0) is 42.7 Å². The third-order valence-corrected chi connectivity index (χ3v) is 3.12. The number of hydrogen-bond donors (Lipinski definition) is 1. The Kier molecular flexibility index (Phi) is 5.19. The van der Waals surface area contributed by atoms with E-state index in [4.69, 9.17) is 0 Å². The van der Waals surface area contributed by atoms with Crippen molar-refractivity contribution in [1.29, 1.82) is 0 Å². The van der Waals surface area contributed by atoms with Gasteiger partial charge in [0.1, 0.15) is 0 Å². The lowest BCUT2D eigenvalue weighted by molar-refractivity contribution is 1.22. The summed E-state index contributed by atoms with van der Waals surface area (Å²) in [5.74, 6) is 0. The van der Waals surface area contributed by atoms with Crippen molar-refractivity contribution in [3.63, 3.8) is 0 Å². The van der Waals surface area contributed by atoms with E-state index >= 15 is 0 Å². The minimum atomic E-state index is 1.05. The standard InChI is InChI=1S/C19H21N/c1-3-5-11-18(4-2)20-19-14-12-17(13-15-19)16-9-7-6-8-10-16/h4-15,20H,3H2,1-2H3/b11-5-,18-4+. The molecule has 0 saturated carbocycles. The van der Waals surface area contributed by atoms with Crippen LogP contribution in [0, 0.1) is 0 Å². The van der Waals surface area contributed by atoms with E-state index in [1.165, 1.54) is 11.1 Å². The largest absolute Gasteiger partial charge is 0.356 e. The van der Waals surface area contributed by atoms with Crippen LogP contribution in [0.1, 0.15) is 20.3 Å². The highest BCUT2D eigenvalue weighted by Gasteiger charge is 1.98. The topological polar surface area (TPSA) is 12.0 Å². The number of rotatable bonds is 5. The molecular weight excluding hydrogens is 242 g/mol. The molecule has 0 aliphatic rings. The number of benzene rings is 2. The molecule has 102 valence electrons. The molecular formula is C19H21N. The maximum Gasteiger partial charge on any atom is 0.0384 e. The van der Waals surface area contributed by atoms with Crippen LogP contribution in [0.3, 0.4) is 0 Å². The van der Waals surface area contributed by atoms with E-state index in [0.29, 0.717) is 0 Å². The van der Waals surface area contributed by atoms with Crippen molar-refractivity contribution in [2.24, 2.45) is 0 Å². The lowest BCUT2D eigenvalue weighted by Gasteiger charge is -2.08. The van der Waals surface area contributed by atoms with Gasteiger partial charge in [0.2, 0.25) is 0 Å². The van der Waals surface area contributed by atoms with Crippen molar-refractivity contribution in [2.75, 3.05) is 5.32 Å². The third-order valence-electron chi connectivity index (χ3n) is 3.12. The molecule has 0 fully saturated rings. The number of anilines is 1. The van der Waals surface area contributed by atoms with Crippen LogP contribution in [0.2, 0.25) is 0 Å². The van der Waals surface area contributed by atoms with Gasteiger partial charge < -0.3 is 5.32 Å². The fraction of sp³-hybridized carbons (Fsp3) is 0.158. The molecule has 0 aliphatic carbocycles. The molecule has 1 N–H and O–H groups in total. The Hall–Kier alpha value is -2.28. The molecule has 0 bridgehead atoms. The maximum atomic E-state index is 3.42. The summed E-state index contributed by atoms with van der Waals surface area (Å²) in [4.78, 5) is 0. The SMILES string of the molecule is C/C=C(\C=C/CC)Nc1ccc(-c2ccccc2)cc1. The van der Waals surface area contributed by atoms with Crippen molar-refractivity contribution in [1.82, 2.24) is 0 Å². The second-order valence-electron chi connectivity index (χ2n) is 4.62. The minimum Gasteiger partial charge on any atom is -0.356 e. The monoisotopic (exact) mass is 263 g/mol. The summed E-state index contributed by atoms with van der Waals surface area (Å²) < 4.78 is 0. The highest BCUT2D eigenvalue weighted by Crippen LogP contribution is 2.21. The molecule has 2 rings (SSSR count). The first-order chi connectivity index (χ1) is 9.83. The number of nitrogens with one attached hydrogen (secondary N) is 1. The molecule has 0 unspecified atom stereocenters. The van der Waals surface area contributed by atoms with E-state index in [1.54, 1.807) is 0 Å². The molecule has 0 atom stereocenters. The molecule has 0 saturated heterocycles. The average molecular weight is 263 g/mol. The van der Waals surface area contributed by atoms with Gasteiger partial charge in [-0.3, -0.25) is 0 Å². The van der Waals surface area contributed by atoms with Crippen LogP contribution >= 0.6 is 0 Å². The highest BCUT2D eigenvalue weighted by molar-refractivity contribution is 5.66. The van der Waals surface area contributed by atoms with Crippen molar-refractivity contribution in [2.45, 2.75) is 20.3 Å². The van der Waals surface area contributed by atoms with E-state index in [0.717, 1.165) is 17.8 Å². The van der Waals surface area contributed by atoms with Crippen LogP contribution in [-0.2, 0) is 0 Å². The zero-order chi connectivity index (χ0) is 14.2. The summed E-state index contributed by atoms with van der Waals surface area (Å²) in [6.07, 6.45) is 7.40. The second kappa shape index (κ2) is 7.34. The quantitative estimate of drug-likeness (QED) is 0.689. The van der Waals surface area contributed by atoms with Crippen molar-refractivity contribution in [3.8, 4) is 11.1 Å². The van der Waals surface area contributed by atoms with Gasteiger partial charge in [-0.25, -0.2) is 0 Å². The Morgan fingerprint density at radius 2 is 1.60 bits per heavy atom. The van der Waals surface area contributed by atoms with Crippen molar-refractivity contribution < 1.29 is 0 Å². The average Bonchev–Trinajstić information content (AvgIpc) is 2.53. The van der Waals surface area contributed by atoms with Gasteiger partial charge in [0.05, 0.1) is 0 Å². The molecule has 0 aliphatic heterocycles. The van der Waals surface area contributed by atoms with Crippen LogP contribution < -0.4 is 5.32 Å². The molecule has 0 spiro atoms. The zero-order valence-electron chi connectivity index (χ0n) is 12.1. The normalized spacial score (nSPS) is 11.8. The Balaban J connectivity index is 2.11. The molecule has 2 aromatic carbocycles. The van der Waals surface area contributed by atoms with Crippen LogP contribution in [0.25, 0.3) is 11.1 Å². The molecule has 0 radical (unpaired) electrons. The first-order valence-electron chi connectivity index (χ1n) is 7.09. The van der Waals surface area contributed by atoms with Gasteiger partial charge in [-0.15, -0.1) is 0 Å². The molecule has 2 aromatic rings. The fourth-order valence-electron chi connectivity index (χ4n) is 2.00. The van der Waals surface area contributed by atoms with Crippen LogP contribution in [0.5, 0.6) is 0 Å². The van der Waals surface area contributed by atoms with Crippen LogP contribution in [0.15, 0.2) is 78.5 Å². The predicted octanol–water partition coefficient (Wildman–Crippen LogP) is 5.64. The van der Waals surface area contributed by atoms with Crippen LogP contribution in [0.4, 0.5) is 5.69 Å². The summed E-state index contributed by atoms with van der Waals surface area (Å²) in [6.45, 7) is 4.18. The zero-order valence-corrected chi connectivity index (χ0v) is 12.1. The molecule has 0 aromatic heterocycles. The van der Waals surface area contributed by atoms with Crippen molar-refractivity contribution in [3.05, 3.63) is 78.5 Å². The van der Waals surface area contributed by atoms with Gasteiger partial charge in [0.15, 0.2) is 0 Å². The summed E-state index contributed by atoms with van der Waals surface area (Å²) in [6, 6.07) is 19.0. The first-order valence-corrected chi connectivity index (χ1v) is 7.09. The maximum absolute atomic E-state index is 3.42. The summed E-state index contributed by atoms with van der Waals surface area (Å²) >= 11 is 0. The van der Waals surface area contributed by atoms with Gasteiger partial charge in [-0.2, -0.15) is 0 Å². The molecule has 0 amide bonds. The van der Waals surface area contributed by atoms with Gasteiger partial charge in [0, 0.05) is 11.4 Å². The Bertz CT molecular complexity index is 577. The third kappa shape index (κ3) is 3.86. The van der Waals surface area contributed by atoms with E-state index in [-0.39, 0.29) is 0 Å². The predicted molar refractivity (Wildman–Crippen MR) is 88.7 cm³/mol. The van der Waals surface area contributed by atoms with Crippen LogP contribution in [-0.4, -0.2) is 0 Å². The van der Waals surface area contributed by atoms with E-state index < -0.39 is 0 Å². The fourth-order valence-corrected chi connectivity index (χ4v) is 2.00. The molecule has 20 heavy (non-hydrogen) atoms. The Labute approximate surface area is 121 Å². The Morgan fingerprint density at radius 1 is 0.950 bits per heavy atom. The molecule has 0 heterocycles. The van der Waals surface area contributed by atoms with Crippen molar-refractivity contribution >= 4 is 5.69 Å². The van der Waals surface area contributed by atoms with E-state index in [2.05, 4.69) is 79.0 Å². The number of allylic oxidation sites excluding steroid dienone is 3. The summed E-state index contributed by atoms with van der Waals surface area (Å²) in [5.41, 5.74) is 4.72. The number of hydrogen-bond acceptors (Lipinski definition) is 1. The Morgan fingerprint density at radius 3 is 2.20 bits per heavy atom. The lowest BCUT2D eigenvalue weighted by atomic mass is 10.1. The first kappa shape index (κ1) is 14.1. The second-order valence-corrected chi connectivity index (χ2v) is 4.62. The summed E-state index contributed by atoms with van der Waals surface area (Å²) in [7, 11) is 0. The smallest absolute Gasteiger partial charge is 0.0384 e. The minimum absolute atomic E-state index is 1.05. The van der Waals surface area contributed by atoms with Gasteiger partial charge in [0.25, 0.3) is 0 Å². The van der Waals surface area contributed by atoms with E-state index in [1.807, 2.05) is 13.0 Å². The molecule has 1 heteroatoms. The van der Waals surface area contributed by atoms with Gasteiger partial charge >= 0.3 is 0 Å².